The van der Waals surface area contributed by atoms with Crippen molar-refractivity contribution in [1.82, 2.24) is 4.90 Å². The molecule has 0 aromatic carbocycles. The predicted octanol–water partition coefficient (Wildman–Crippen LogP) is 2.89. The molecular weight excluding hydrogens is 226 g/mol. The maximum atomic E-state index is 3.65. The van der Waals surface area contributed by atoms with Crippen LogP contribution in [-0.4, -0.2) is 29.9 Å². The van der Waals surface area contributed by atoms with Crippen molar-refractivity contribution in [3.05, 3.63) is 0 Å². The molecule has 0 spiro atoms. The second-order valence-corrected chi connectivity index (χ2v) is 5.49. The Kier molecular flexibility index (Phi) is 2.99. The predicted molar refractivity (Wildman–Crippen MR) is 60.3 cm³/mol. The Morgan fingerprint density at radius 1 is 1.46 bits per heavy atom. The van der Waals surface area contributed by atoms with Gasteiger partial charge in [-0.2, -0.15) is 0 Å². The number of halogens is 1. The fraction of sp³-hybridized carbons (Fsp3) is 1.00. The van der Waals surface area contributed by atoms with Crippen LogP contribution >= 0.6 is 15.9 Å². The van der Waals surface area contributed by atoms with Crippen LogP contribution in [0.4, 0.5) is 0 Å². The van der Waals surface area contributed by atoms with E-state index in [0.717, 1.165) is 5.92 Å². The highest BCUT2D eigenvalue weighted by atomic mass is 79.9. The van der Waals surface area contributed by atoms with Crippen LogP contribution in [0.2, 0.25) is 0 Å². The summed E-state index contributed by atoms with van der Waals surface area (Å²) in [6.07, 6.45) is 5.71. The van der Waals surface area contributed by atoms with Gasteiger partial charge < -0.3 is 4.90 Å². The first-order valence-corrected chi connectivity index (χ1v) is 6.68. The van der Waals surface area contributed by atoms with Gasteiger partial charge in [-0.25, -0.2) is 0 Å². The summed E-state index contributed by atoms with van der Waals surface area (Å²) in [7, 11) is 0. The maximum Gasteiger partial charge on any atom is 0.0100 e. The molecule has 76 valence electrons. The van der Waals surface area contributed by atoms with E-state index in [4.69, 9.17) is 0 Å². The van der Waals surface area contributed by atoms with Gasteiger partial charge in [0, 0.05) is 18.4 Å². The van der Waals surface area contributed by atoms with E-state index in [9.17, 15) is 0 Å². The molecule has 1 atom stereocenters. The molecule has 1 heterocycles. The van der Waals surface area contributed by atoms with E-state index in [1.807, 2.05) is 0 Å². The highest BCUT2D eigenvalue weighted by Gasteiger charge is 2.43. The van der Waals surface area contributed by atoms with Gasteiger partial charge in [0.25, 0.3) is 0 Å². The summed E-state index contributed by atoms with van der Waals surface area (Å²) in [5.41, 5.74) is 0.683. The topological polar surface area (TPSA) is 3.24 Å². The van der Waals surface area contributed by atoms with Gasteiger partial charge >= 0.3 is 0 Å². The minimum Gasteiger partial charge on any atom is -0.302 e. The standard InChI is InChI=1S/C11H20BrN/c1-2-10-3-6-13(7-10)9-11(8-12)4-5-11/h10H,2-9H2,1H3. The Labute approximate surface area is 90.0 Å². The van der Waals surface area contributed by atoms with Gasteiger partial charge in [0.2, 0.25) is 0 Å². The lowest BCUT2D eigenvalue weighted by Gasteiger charge is -2.21. The molecule has 1 aliphatic carbocycles. The van der Waals surface area contributed by atoms with Crippen LogP contribution in [0, 0.1) is 11.3 Å². The molecule has 0 N–H and O–H groups in total. The molecule has 2 fully saturated rings. The van der Waals surface area contributed by atoms with E-state index in [0.29, 0.717) is 5.41 Å². The Balaban J connectivity index is 1.77. The largest absolute Gasteiger partial charge is 0.302 e. The molecule has 1 unspecified atom stereocenters. The fourth-order valence-corrected chi connectivity index (χ4v) is 3.11. The molecule has 1 saturated heterocycles. The third-order valence-corrected chi connectivity index (χ3v) is 4.94. The van der Waals surface area contributed by atoms with Crippen molar-refractivity contribution in [3.63, 3.8) is 0 Å². The minimum absolute atomic E-state index is 0.683. The number of nitrogens with zero attached hydrogens (tertiary/aromatic N) is 1. The lowest BCUT2D eigenvalue weighted by atomic mass is 10.1. The molecule has 2 heteroatoms. The molecule has 1 saturated carbocycles. The smallest absolute Gasteiger partial charge is 0.0100 e. The van der Waals surface area contributed by atoms with Gasteiger partial charge in [0.15, 0.2) is 0 Å². The van der Waals surface area contributed by atoms with E-state index in [-0.39, 0.29) is 0 Å². The molecule has 0 radical (unpaired) electrons. The lowest BCUT2D eigenvalue weighted by Crippen LogP contribution is -2.29. The van der Waals surface area contributed by atoms with Gasteiger partial charge in [0.05, 0.1) is 0 Å². The average Bonchev–Trinajstić information content (AvgIpc) is 2.77. The van der Waals surface area contributed by atoms with Crippen LogP contribution in [0.3, 0.4) is 0 Å². The van der Waals surface area contributed by atoms with Gasteiger partial charge in [-0.1, -0.05) is 29.3 Å². The molecule has 13 heavy (non-hydrogen) atoms. The van der Waals surface area contributed by atoms with Crippen LogP contribution < -0.4 is 0 Å². The normalized spacial score (nSPS) is 32.3. The van der Waals surface area contributed by atoms with E-state index < -0.39 is 0 Å². The number of hydrogen-bond acceptors (Lipinski definition) is 1. The van der Waals surface area contributed by atoms with Crippen LogP contribution in [0.25, 0.3) is 0 Å². The number of hydrogen-bond donors (Lipinski definition) is 0. The van der Waals surface area contributed by atoms with Crippen LogP contribution in [0.15, 0.2) is 0 Å². The first kappa shape index (κ1) is 9.97. The Hall–Kier alpha value is 0.440. The zero-order chi connectivity index (χ0) is 9.31. The van der Waals surface area contributed by atoms with E-state index in [1.165, 1.54) is 50.6 Å². The average molecular weight is 246 g/mol. The summed E-state index contributed by atoms with van der Waals surface area (Å²) in [5.74, 6) is 0.992. The molecule has 2 rings (SSSR count). The number of likely N-dealkylation sites (tertiary alicyclic amines) is 1. The van der Waals surface area contributed by atoms with E-state index >= 15 is 0 Å². The van der Waals surface area contributed by atoms with Crippen molar-refractivity contribution in [3.8, 4) is 0 Å². The summed E-state index contributed by atoms with van der Waals surface area (Å²) < 4.78 is 0. The van der Waals surface area contributed by atoms with Crippen molar-refractivity contribution in [2.45, 2.75) is 32.6 Å². The van der Waals surface area contributed by atoms with Crippen LogP contribution in [0.5, 0.6) is 0 Å². The molecule has 0 aromatic rings. The zero-order valence-electron chi connectivity index (χ0n) is 8.56. The molecule has 2 aliphatic rings. The van der Waals surface area contributed by atoms with Crippen molar-refractivity contribution in [1.29, 1.82) is 0 Å². The molecule has 0 bridgehead atoms. The molecule has 1 aliphatic heterocycles. The molecule has 1 nitrogen and oxygen atoms in total. The highest BCUT2D eigenvalue weighted by Crippen LogP contribution is 2.48. The maximum absolute atomic E-state index is 3.65. The summed E-state index contributed by atoms with van der Waals surface area (Å²) in [6.45, 7) is 6.40. The van der Waals surface area contributed by atoms with Crippen molar-refractivity contribution in [2.24, 2.45) is 11.3 Å². The second-order valence-electron chi connectivity index (χ2n) is 4.93. The fourth-order valence-electron chi connectivity index (χ4n) is 2.37. The molecular formula is C11H20BrN. The van der Waals surface area contributed by atoms with E-state index in [2.05, 4.69) is 27.8 Å². The first-order chi connectivity index (χ1) is 6.28. The van der Waals surface area contributed by atoms with Crippen molar-refractivity contribution < 1.29 is 0 Å². The van der Waals surface area contributed by atoms with Gasteiger partial charge in [0.1, 0.15) is 0 Å². The number of rotatable bonds is 4. The van der Waals surface area contributed by atoms with Crippen molar-refractivity contribution >= 4 is 15.9 Å². The highest BCUT2D eigenvalue weighted by molar-refractivity contribution is 9.09. The van der Waals surface area contributed by atoms with Gasteiger partial charge in [-0.3, -0.25) is 0 Å². The SMILES string of the molecule is CCC1CCN(CC2(CBr)CC2)C1. The summed E-state index contributed by atoms with van der Waals surface area (Å²) in [4.78, 5) is 2.68. The Morgan fingerprint density at radius 3 is 2.69 bits per heavy atom. The van der Waals surface area contributed by atoms with Crippen LogP contribution in [-0.2, 0) is 0 Å². The monoisotopic (exact) mass is 245 g/mol. The van der Waals surface area contributed by atoms with Crippen LogP contribution in [0.1, 0.15) is 32.6 Å². The molecule has 0 amide bonds. The quantitative estimate of drug-likeness (QED) is 0.689. The lowest BCUT2D eigenvalue weighted by molar-refractivity contribution is 0.269. The first-order valence-electron chi connectivity index (χ1n) is 5.56. The Morgan fingerprint density at radius 2 is 2.23 bits per heavy atom. The summed E-state index contributed by atoms with van der Waals surface area (Å²) in [5, 5.41) is 1.22. The third-order valence-electron chi connectivity index (χ3n) is 3.75. The second kappa shape index (κ2) is 3.90. The third kappa shape index (κ3) is 2.27. The van der Waals surface area contributed by atoms with Crippen molar-refractivity contribution in [2.75, 3.05) is 25.0 Å². The summed E-state index contributed by atoms with van der Waals surface area (Å²) in [6, 6.07) is 0. The minimum atomic E-state index is 0.683. The molecule has 0 aromatic heterocycles. The summed E-state index contributed by atoms with van der Waals surface area (Å²) >= 11 is 3.65. The van der Waals surface area contributed by atoms with E-state index in [1.54, 1.807) is 0 Å². The number of alkyl halides is 1. The van der Waals surface area contributed by atoms with Gasteiger partial charge in [-0.05, 0) is 37.1 Å². The Bertz CT molecular complexity index is 177. The zero-order valence-corrected chi connectivity index (χ0v) is 10.1. The van der Waals surface area contributed by atoms with Gasteiger partial charge in [-0.15, -0.1) is 0 Å².